The van der Waals surface area contributed by atoms with Crippen molar-refractivity contribution >= 4 is 15.9 Å². The molecule has 208 valence electrons. The van der Waals surface area contributed by atoms with Crippen LogP contribution in [-0.4, -0.2) is 63.4 Å². The third-order valence-corrected chi connectivity index (χ3v) is 10.1. The van der Waals surface area contributed by atoms with E-state index in [2.05, 4.69) is 5.32 Å². The van der Waals surface area contributed by atoms with E-state index in [4.69, 9.17) is 14.6 Å². The summed E-state index contributed by atoms with van der Waals surface area (Å²) in [4.78, 5) is 13.6. The Morgan fingerprint density at radius 1 is 0.972 bits per heavy atom. The molecule has 0 aromatic heterocycles. The summed E-state index contributed by atoms with van der Waals surface area (Å²) >= 11 is 0. The fourth-order valence-corrected chi connectivity index (χ4v) is 7.61. The maximum atomic E-state index is 14.5. The number of hydrogen-bond acceptors (Lipinski definition) is 5. The van der Waals surface area contributed by atoms with E-state index in [0.29, 0.717) is 32.1 Å². The summed E-state index contributed by atoms with van der Waals surface area (Å²) < 4.78 is 91.1. The van der Waals surface area contributed by atoms with Gasteiger partial charge in [-0.2, -0.15) is 13.2 Å². The zero-order chi connectivity index (χ0) is 26.3. The van der Waals surface area contributed by atoms with Gasteiger partial charge in [-0.3, -0.25) is 4.79 Å². The molecule has 0 bridgehead atoms. The zero-order valence-corrected chi connectivity index (χ0v) is 21.4. The summed E-state index contributed by atoms with van der Waals surface area (Å²) in [5, 5.41) is 7.51. The number of sulfonamides is 1. The van der Waals surface area contributed by atoms with Gasteiger partial charge < -0.3 is 14.8 Å². The molecular formula is C24H38F4N2O5S. The normalized spacial score (nSPS) is 40.6. The Morgan fingerprint density at radius 3 is 2.28 bits per heavy atom. The molecule has 0 aromatic rings. The summed E-state index contributed by atoms with van der Waals surface area (Å²) in [7, 11) is -2.32. The molecule has 4 aliphatic rings. The fraction of sp³-hybridized carbons (Fsp3) is 0.958. The van der Waals surface area contributed by atoms with Crippen molar-refractivity contribution < 1.29 is 40.2 Å². The molecule has 12 heteroatoms. The van der Waals surface area contributed by atoms with Gasteiger partial charge in [-0.1, -0.05) is 6.42 Å². The molecule has 4 fully saturated rings. The van der Waals surface area contributed by atoms with Crippen LogP contribution in [0.1, 0.15) is 70.6 Å². The standard InChI is InChI=1S/C24H38F4N2O5S/c1-34-20-8-7-16(12-19(20)25)35-21-10-14(24(26,27)28)9-18(13-5-6-13)22(21)23(31)30-15-3-2-4-17(11-15)36(29,32)33/h13-22H,2-12H2,1H3,(H,30,31)(H2,29,32,33). The van der Waals surface area contributed by atoms with Gasteiger partial charge in [0.25, 0.3) is 0 Å². The van der Waals surface area contributed by atoms with E-state index in [-0.39, 0.29) is 37.5 Å². The van der Waals surface area contributed by atoms with Gasteiger partial charge in [0.1, 0.15) is 6.17 Å². The Kier molecular flexibility index (Phi) is 8.58. The van der Waals surface area contributed by atoms with Gasteiger partial charge in [0.05, 0.1) is 35.4 Å². The predicted molar refractivity (Wildman–Crippen MR) is 124 cm³/mol. The second-order valence-corrected chi connectivity index (χ2v) is 13.1. The quantitative estimate of drug-likeness (QED) is 0.478. The van der Waals surface area contributed by atoms with E-state index in [1.807, 2.05) is 0 Å². The van der Waals surface area contributed by atoms with Crippen LogP contribution in [0.4, 0.5) is 17.6 Å². The number of rotatable bonds is 7. The van der Waals surface area contributed by atoms with Crippen molar-refractivity contribution in [2.45, 2.75) is 113 Å². The molecule has 9 atom stereocenters. The van der Waals surface area contributed by atoms with Crippen molar-refractivity contribution in [2.24, 2.45) is 28.8 Å². The number of nitrogens with two attached hydrogens (primary N) is 1. The number of carbonyl (C=O) groups excluding carboxylic acids is 1. The van der Waals surface area contributed by atoms with Gasteiger partial charge in [0.2, 0.25) is 15.9 Å². The van der Waals surface area contributed by atoms with E-state index < -0.39 is 69.7 Å². The first-order chi connectivity index (χ1) is 16.9. The number of hydrogen-bond donors (Lipinski definition) is 2. The van der Waals surface area contributed by atoms with Crippen LogP contribution in [0, 0.1) is 23.7 Å². The van der Waals surface area contributed by atoms with E-state index in [0.717, 1.165) is 12.8 Å². The van der Waals surface area contributed by atoms with Crippen molar-refractivity contribution in [3.05, 3.63) is 0 Å². The van der Waals surface area contributed by atoms with Gasteiger partial charge in [-0.25, -0.2) is 17.9 Å². The van der Waals surface area contributed by atoms with Crippen LogP contribution in [0.2, 0.25) is 0 Å². The van der Waals surface area contributed by atoms with E-state index in [1.54, 1.807) is 0 Å². The molecule has 1 amide bonds. The number of methoxy groups -OCH3 is 1. The van der Waals surface area contributed by atoms with Crippen molar-refractivity contribution in [1.29, 1.82) is 0 Å². The SMILES string of the molecule is COC1CCC(OC2CC(C(F)(F)F)CC(C3CC3)C2C(=O)NC2CCCC(S(N)(=O)=O)C2)CC1F. The van der Waals surface area contributed by atoms with Gasteiger partial charge in [0.15, 0.2) is 0 Å². The average Bonchev–Trinajstić information content (AvgIpc) is 3.63. The van der Waals surface area contributed by atoms with E-state index in [1.165, 1.54) is 7.11 Å². The molecule has 4 aliphatic carbocycles. The van der Waals surface area contributed by atoms with Crippen molar-refractivity contribution in [1.82, 2.24) is 5.32 Å². The van der Waals surface area contributed by atoms with Gasteiger partial charge >= 0.3 is 6.18 Å². The second-order valence-electron chi connectivity index (χ2n) is 11.2. The number of nitrogens with one attached hydrogen (secondary N) is 1. The summed E-state index contributed by atoms with van der Waals surface area (Å²) in [5.41, 5.74) is 0. The molecule has 0 aromatic carbocycles. The molecular weight excluding hydrogens is 504 g/mol. The number of halogens is 4. The summed E-state index contributed by atoms with van der Waals surface area (Å²) in [6, 6.07) is -0.414. The third kappa shape index (κ3) is 6.71. The predicted octanol–water partition coefficient (Wildman–Crippen LogP) is 3.61. The number of ether oxygens (including phenoxy) is 2. The Balaban J connectivity index is 1.52. The average molecular weight is 543 g/mol. The minimum atomic E-state index is -4.40. The number of amides is 1. The number of alkyl halides is 4. The fourth-order valence-electron chi connectivity index (χ4n) is 6.61. The molecule has 0 radical (unpaired) electrons. The highest BCUT2D eigenvalue weighted by Gasteiger charge is 2.55. The number of carbonyl (C=O) groups is 1. The number of primary sulfonamides is 1. The van der Waals surface area contributed by atoms with E-state index in [9.17, 15) is 30.8 Å². The maximum absolute atomic E-state index is 14.5. The van der Waals surface area contributed by atoms with Crippen LogP contribution < -0.4 is 10.5 Å². The molecule has 0 spiro atoms. The smallest absolute Gasteiger partial charge is 0.378 e. The van der Waals surface area contributed by atoms with Crippen LogP contribution in [0.5, 0.6) is 0 Å². The summed E-state index contributed by atoms with van der Waals surface area (Å²) in [5.74, 6) is -3.21. The highest BCUT2D eigenvalue weighted by atomic mass is 32.2. The van der Waals surface area contributed by atoms with E-state index >= 15 is 0 Å². The Labute approximate surface area is 210 Å². The van der Waals surface area contributed by atoms with Crippen LogP contribution in [0.25, 0.3) is 0 Å². The highest BCUT2D eigenvalue weighted by Crippen LogP contribution is 2.52. The molecule has 0 saturated heterocycles. The molecule has 3 N–H and O–H groups in total. The molecule has 0 heterocycles. The van der Waals surface area contributed by atoms with Gasteiger partial charge in [-0.15, -0.1) is 0 Å². The Morgan fingerprint density at radius 2 is 1.69 bits per heavy atom. The van der Waals surface area contributed by atoms with Crippen molar-refractivity contribution in [3.8, 4) is 0 Å². The molecule has 9 unspecified atom stereocenters. The maximum Gasteiger partial charge on any atom is 0.391 e. The lowest BCUT2D eigenvalue weighted by atomic mass is 9.69. The minimum Gasteiger partial charge on any atom is -0.378 e. The first-order valence-electron chi connectivity index (χ1n) is 13.1. The molecule has 4 saturated carbocycles. The third-order valence-electron chi connectivity index (χ3n) is 8.70. The van der Waals surface area contributed by atoms with Gasteiger partial charge in [0, 0.05) is 19.6 Å². The lowest BCUT2D eigenvalue weighted by Crippen LogP contribution is -2.54. The van der Waals surface area contributed by atoms with Crippen LogP contribution in [0.15, 0.2) is 0 Å². The molecule has 7 nitrogen and oxygen atoms in total. The first-order valence-corrected chi connectivity index (χ1v) is 14.7. The highest BCUT2D eigenvalue weighted by molar-refractivity contribution is 7.89. The lowest BCUT2D eigenvalue weighted by Gasteiger charge is -2.44. The van der Waals surface area contributed by atoms with Crippen molar-refractivity contribution in [2.75, 3.05) is 7.11 Å². The second kappa shape index (κ2) is 11.0. The van der Waals surface area contributed by atoms with Crippen LogP contribution >= 0.6 is 0 Å². The first kappa shape index (κ1) is 28.0. The minimum absolute atomic E-state index is 0.0206. The molecule has 36 heavy (non-hydrogen) atoms. The largest absolute Gasteiger partial charge is 0.391 e. The Bertz CT molecular complexity index is 884. The monoisotopic (exact) mass is 542 g/mol. The summed E-state index contributed by atoms with van der Waals surface area (Å²) in [6.07, 6.45) is -4.08. The van der Waals surface area contributed by atoms with Crippen LogP contribution in [0.3, 0.4) is 0 Å². The summed E-state index contributed by atoms with van der Waals surface area (Å²) in [6.45, 7) is 0. The van der Waals surface area contributed by atoms with Crippen LogP contribution in [-0.2, 0) is 24.3 Å². The Hall–Kier alpha value is -0.980. The molecule has 4 rings (SSSR count). The topological polar surface area (TPSA) is 108 Å². The molecule has 0 aliphatic heterocycles. The van der Waals surface area contributed by atoms with Crippen molar-refractivity contribution in [3.63, 3.8) is 0 Å². The lowest BCUT2D eigenvalue weighted by molar-refractivity contribution is -0.214. The van der Waals surface area contributed by atoms with Gasteiger partial charge in [-0.05, 0) is 69.6 Å². The zero-order valence-electron chi connectivity index (χ0n) is 20.6.